The van der Waals surface area contributed by atoms with E-state index in [1.165, 1.54) is 5.01 Å². The highest BCUT2D eigenvalue weighted by Gasteiger charge is 2.18. The van der Waals surface area contributed by atoms with E-state index in [1.807, 2.05) is 6.20 Å². The molecule has 0 radical (unpaired) electrons. The van der Waals surface area contributed by atoms with E-state index in [4.69, 9.17) is 0 Å². The molecule has 5 heteroatoms. The second-order valence-corrected chi connectivity index (χ2v) is 6.08. The van der Waals surface area contributed by atoms with Gasteiger partial charge in [-0.1, -0.05) is 0 Å². The van der Waals surface area contributed by atoms with Crippen LogP contribution in [0.4, 0.5) is 0 Å². The molecule has 3 nitrogen and oxygen atoms in total. The number of halogens is 1. The van der Waals surface area contributed by atoms with Crippen LogP contribution in [0, 0.1) is 0 Å². The fourth-order valence-corrected chi connectivity index (χ4v) is 2.98. The maximum absolute atomic E-state index is 4.35. The lowest BCUT2D eigenvalue weighted by molar-refractivity contribution is 0.165. The maximum Gasteiger partial charge on any atom is 0.108 e. The van der Waals surface area contributed by atoms with Crippen molar-refractivity contribution in [3.63, 3.8) is 0 Å². The van der Waals surface area contributed by atoms with Crippen LogP contribution in [0.25, 0.3) is 0 Å². The van der Waals surface area contributed by atoms with Gasteiger partial charge < -0.3 is 5.32 Å². The standard InChI is InChI=1S/C9H14BrN3S/c1-7-4-11-2-3-13(7)6-9-12-5-8(10)14-9/h5,7,11H,2-4,6H2,1H3/t7-/m0/s1. The van der Waals surface area contributed by atoms with Gasteiger partial charge in [0.15, 0.2) is 0 Å². The summed E-state index contributed by atoms with van der Waals surface area (Å²) in [6.45, 7) is 6.55. The number of nitrogens with one attached hydrogen (secondary N) is 1. The number of hydrogen-bond acceptors (Lipinski definition) is 4. The molecule has 1 aromatic rings. The zero-order valence-corrected chi connectivity index (χ0v) is 10.6. The van der Waals surface area contributed by atoms with Gasteiger partial charge in [0.05, 0.1) is 16.5 Å². The SMILES string of the molecule is C[C@H]1CNCCN1Cc1ncc(Br)s1. The first-order valence-electron chi connectivity index (χ1n) is 4.80. The van der Waals surface area contributed by atoms with Gasteiger partial charge in [-0.15, -0.1) is 11.3 Å². The number of thiazole rings is 1. The minimum atomic E-state index is 0.617. The minimum absolute atomic E-state index is 0.617. The highest BCUT2D eigenvalue weighted by molar-refractivity contribution is 9.11. The molecule has 78 valence electrons. The van der Waals surface area contributed by atoms with Crippen molar-refractivity contribution >= 4 is 27.3 Å². The summed E-state index contributed by atoms with van der Waals surface area (Å²) >= 11 is 5.16. The summed E-state index contributed by atoms with van der Waals surface area (Å²) in [6, 6.07) is 0.617. The van der Waals surface area contributed by atoms with Gasteiger partial charge in [-0.25, -0.2) is 4.98 Å². The van der Waals surface area contributed by atoms with Crippen LogP contribution >= 0.6 is 27.3 Å². The van der Waals surface area contributed by atoms with E-state index in [0.717, 1.165) is 30.0 Å². The van der Waals surface area contributed by atoms with Gasteiger partial charge >= 0.3 is 0 Å². The Morgan fingerprint density at radius 1 is 1.79 bits per heavy atom. The molecule has 1 fully saturated rings. The van der Waals surface area contributed by atoms with Gasteiger partial charge in [0, 0.05) is 25.7 Å². The number of aromatic nitrogens is 1. The van der Waals surface area contributed by atoms with Gasteiger partial charge in [-0.2, -0.15) is 0 Å². The topological polar surface area (TPSA) is 28.2 Å². The van der Waals surface area contributed by atoms with Crippen LogP contribution in [-0.2, 0) is 6.54 Å². The predicted molar refractivity (Wildman–Crippen MR) is 62.6 cm³/mol. The first-order chi connectivity index (χ1) is 6.75. The Morgan fingerprint density at radius 3 is 3.29 bits per heavy atom. The summed E-state index contributed by atoms with van der Waals surface area (Å²) in [4.78, 5) is 6.83. The zero-order chi connectivity index (χ0) is 9.97. The summed E-state index contributed by atoms with van der Waals surface area (Å²) in [5, 5.41) is 4.59. The number of rotatable bonds is 2. The monoisotopic (exact) mass is 275 g/mol. The highest BCUT2D eigenvalue weighted by Crippen LogP contribution is 2.21. The van der Waals surface area contributed by atoms with Crippen molar-refractivity contribution < 1.29 is 0 Å². The quantitative estimate of drug-likeness (QED) is 0.891. The molecule has 14 heavy (non-hydrogen) atoms. The van der Waals surface area contributed by atoms with Crippen molar-refractivity contribution in [2.45, 2.75) is 19.5 Å². The predicted octanol–water partition coefficient (Wildman–Crippen LogP) is 1.70. The van der Waals surface area contributed by atoms with Gasteiger partial charge in [-0.05, 0) is 22.9 Å². The Balaban J connectivity index is 1.95. The van der Waals surface area contributed by atoms with Gasteiger partial charge in [0.2, 0.25) is 0 Å². The maximum atomic E-state index is 4.35. The van der Waals surface area contributed by atoms with E-state index in [1.54, 1.807) is 11.3 Å². The molecule has 1 atom stereocenters. The molecule has 0 bridgehead atoms. The lowest BCUT2D eigenvalue weighted by Gasteiger charge is -2.33. The van der Waals surface area contributed by atoms with Crippen molar-refractivity contribution in [2.75, 3.05) is 19.6 Å². The largest absolute Gasteiger partial charge is 0.314 e. The fraction of sp³-hybridized carbons (Fsp3) is 0.667. The smallest absolute Gasteiger partial charge is 0.108 e. The summed E-state index contributed by atoms with van der Waals surface area (Å²) in [6.07, 6.45) is 1.88. The van der Waals surface area contributed by atoms with Crippen LogP contribution in [0.5, 0.6) is 0 Å². The molecular weight excluding hydrogens is 262 g/mol. The third-order valence-electron chi connectivity index (χ3n) is 2.50. The van der Waals surface area contributed by atoms with Crippen LogP contribution in [-0.4, -0.2) is 35.6 Å². The van der Waals surface area contributed by atoms with Crippen molar-refractivity contribution in [1.82, 2.24) is 15.2 Å². The number of nitrogens with zero attached hydrogens (tertiary/aromatic N) is 2. The Kier molecular flexibility index (Phi) is 3.54. The lowest BCUT2D eigenvalue weighted by atomic mass is 10.2. The number of piperazine rings is 1. The van der Waals surface area contributed by atoms with Gasteiger partial charge in [0.1, 0.15) is 5.01 Å². The molecule has 1 aliphatic rings. The van der Waals surface area contributed by atoms with Crippen molar-refractivity contribution in [3.05, 3.63) is 15.0 Å². The lowest BCUT2D eigenvalue weighted by Crippen LogP contribution is -2.49. The zero-order valence-electron chi connectivity index (χ0n) is 8.16. The molecule has 0 amide bonds. The second kappa shape index (κ2) is 4.70. The van der Waals surface area contributed by atoms with Crippen molar-refractivity contribution in [3.8, 4) is 0 Å². The third kappa shape index (κ3) is 2.53. The Bertz CT molecular complexity index is 302. The van der Waals surface area contributed by atoms with Crippen LogP contribution in [0.2, 0.25) is 0 Å². The first kappa shape index (κ1) is 10.5. The molecule has 0 unspecified atom stereocenters. The van der Waals surface area contributed by atoms with Gasteiger partial charge in [0.25, 0.3) is 0 Å². The summed E-state index contributed by atoms with van der Waals surface area (Å²) < 4.78 is 1.12. The molecule has 0 saturated carbocycles. The number of hydrogen-bond donors (Lipinski definition) is 1. The molecule has 2 rings (SSSR count). The molecule has 1 aliphatic heterocycles. The molecule has 2 heterocycles. The third-order valence-corrected chi connectivity index (χ3v) is 3.96. The highest BCUT2D eigenvalue weighted by atomic mass is 79.9. The van der Waals surface area contributed by atoms with E-state index in [2.05, 4.69) is 38.1 Å². The first-order valence-corrected chi connectivity index (χ1v) is 6.41. The van der Waals surface area contributed by atoms with Crippen LogP contribution < -0.4 is 5.32 Å². The van der Waals surface area contributed by atoms with Crippen molar-refractivity contribution in [2.24, 2.45) is 0 Å². The molecule has 0 aromatic carbocycles. The summed E-state index contributed by atoms with van der Waals surface area (Å²) in [5.41, 5.74) is 0. The van der Waals surface area contributed by atoms with E-state index in [9.17, 15) is 0 Å². The second-order valence-electron chi connectivity index (χ2n) is 3.58. The normalized spacial score (nSPS) is 24.0. The van der Waals surface area contributed by atoms with Crippen LogP contribution in [0.1, 0.15) is 11.9 Å². The van der Waals surface area contributed by atoms with E-state index >= 15 is 0 Å². The molecule has 0 spiro atoms. The van der Waals surface area contributed by atoms with Crippen LogP contribution in [0.15, 0.2) is 9.98 Å². The van der Waals surface area contributed by atoms with E-state index in [-0.39, 0.29) is 0 Å². The van der Waals surface area contributed by atoms with Crippen molar-refractivity contribution in [1.29, 1.82) is 0 Å². The Labute approximate surface area is 96.7 Å². The molecule has 1 N–H and O–H groups in total. The average Bonchev–Trinajstić information content (AvgIpc) is 2.56. The summed E-state index contributed by atoms with van der Waals surface area (Å²) in [7, 11) is 0. The minimum Gasteiger partial charge on any atom is -0.314 e. The van der Waals surface area contributed by atoms with E-state index < -0.39 is 0 Å². The summed E-state index contributed by atoms with van der Waals surface area (Å²) in [5.74, 6) is 0. The average molecular weight is 276 g/mol. The van der Waals surface area contributed by atoms with Gasteiger partial charge in [-0.3, -0.25) is 4.90 Å². The van der Waals surface area contributed by atoms with Crippen LogP contribution in [0.3, 0.4) is 0 Å². The molecular formula is C9H14BrN3S. The van der Waals surface area contributed by atoms with E-state index in [0.29, 0.717) is 6.04 Å². The fourth-order valence-electron chi connectivity index (χ4n) is 1.65. The Hall–Kier alpha value is 0.0300. The molecule has 1 saturated heterocycles. The molecule has 1 aromatic heterocycles. The molecule has 0 aliphatic carbocycles. The Morgan fingerprint density at radius 2 is 2.64 bits per heavy atom.